The van der Waals surface area contributed by atoms with E-state index in [0.29, 0.717) is 6.07 Å². The molecule has 0 bridgehead atoms. The van der Waals surface area contributed by atoms with E-state index in [1.165, 1.54) is 6.92 Å². The van der Waals surface area contributed by atoms with Gasteiger partial charge in [0.25, 0.3) is 0 Å². The summed E-state index contributed by atoms with van der Waals surface area (Å²) >= 11 is 5.29. The molecule has 1 aromatic rings. The van der Waals surface area contributed by atoms with E-state index in [2.05, 4.69) is 0 Å². The fourth-order valence-electron chi connectivity index (χ4n) is 1.67. The van der Waals surface area contributed by atoms with Crippen molar-refractivity contribution in [3.63, 3.8) is 0 Å². The van der Waals surface area contributed by atoms with Gasteiger partial charge in [0.2, 0.25) is 0 Å². The van der Waals surface area contributed by atoms with E-state index >= 15 is 0 Å². The Kier molecular flexibility index (Phi) is 6.83. The zero-order valence-electron chi connectivity index (χ0n) is 11.9. The van der Waals surface area contributed by atoms with Gasteiger partial charge in [-0.15, -0.1) is 0 Å². The predicted molar refractivity (Wildman–Crippen MR) is 72.3 cm³/mol. The molecule has 122 valence electrons. The Morgan fingerprint density at radius 1 is 1.18 bits per heavy atom. The quantitative estimate of drug-likeness (QED) is 0.252. The zero-order valence-corrected chi connectivity index (χ0v) is 12.7. The maximum Gasteiger partial charge on any atom is 0.319 e. The summed E-state index contributed by atoms with van der Waals surface area (Å²) in [7, 11) is 0. The van der Waals surface area contributed by atoms with E-state index in [0.717, 1.165) is 0 Å². The van der Waals surface area contributed by atoms with Gasteiger partial charge in [-0.3, -0.25) is 9.59 Å². The molecular formula is C14H14ClF3O4. The number of Topliss-reactive ketones (excluding diaryl/α,β-unsaturated/α-hetero) is 1. The van der Waals surface area contributed by atoms with Gasteiger partial charge < -0.3 is 9.47 Å². The molecule has 0 saturated carbocycles. The molecule has 0 N–H and O–H groups in total. The van der Waals surface area contributed by atoms with Crippen LogP contribution >= 0.6 is 11.6 Å². The Morgan fingerprint density at radius 2 is 1.82 bits per heavy atom. The van der Waals surface area contributed by atoms with E-state index < -0.39 is 45.7 Å². The Hall–Kier alpha value is -1.60. The van der Waals surface area contributed by atoms with Crippen molar-refractivity contribution in [3.8, 4) is 0 Å². The molecule has 1 unspecified atom stereocenters. The highest BCUT2D eigenvalue weighted by molar-refractivity contribution is 6.31. The molecule has 4 nitrogen and oxygen atoms in total. The van der Waals surface area contributed by atoms with Crippen molar-refractivity contribution in [2.24, 2.45) is 5.92 Å². The highest BCUT2D eigenvalue weighted by Crippen LogP contribution is 2.26. The standard InChI is InChI=1S/C14H14ClF3O4/c1-3-21-6-8(14(20)22-4-2)13(19)7-5-9(16)12(18)10(15)11(7)17/h5,8H,3-4,6H2,1-2H3. The molecule has 0 spiro atoms. The lowest BCUT2D eigenvalue weighted by Crippen LogP contribution is -2.31. The maximum atomic E-state index is 13.9. The van der Waals surface area contributed by atoms with Crippen molar-refractivity contribution >= 4 is 23.4 Å². The molecule has 0 heterocycles. The zero-order chi connectivity index (χ0) is 16.9. The molecule has 0 aliphatic carbocycles. The van der Waals surface area contributed by atoms with Crippen LogP contribution in [0.15, 0.2) is 6.07 Å². The smallest absolute Gasteiger partial charge is 0.319 e. The van der Waals surface area contributed by atoms with Gasteiger partial charge >= 0.3 is 5.97 Å². The van der Waals surface area contributed by atoms with Crippen LogP contribution in [0.1, 0.15) is 24.2 Å². The molecule has 22 heavy (non-hydrogen) atoms. The molecule has 0 aliphatic heterocycles. The highest BCUT2D eigenvalue weighted by atomic mass is 35.5. The molecule has 0 aliphatic rings. The average molecular weight is 339 g/mol. The summed E-state index contributed by atoms with van der Waals surface area (Å²) in [5.74, 6) is -8.06. The monoisotopic (exact) mass is 338 g/mol. The molecular weight excluding hydrogens is 325 g/mol. The molecule has 1 rings (SSSR count). The second-order valence-corrected chi connectivity index (χ2v) is 4.55. The van der Waals surface area contributed by atoms with Crippen molar-refractivity contribution in [2.45, 2.75) is 13.8 Å². The minimum absolute atomic E-state index is 0.00421. The largest absolute Gasteiger partial charge is 0.465 e. The average Bonchev–Trinajstić information content (AvgIpc) is 2.49. The van der Waals surface area contributed by atoms with Crippen LogP contribution in [-0.2, 0) is 14.3 Å². The van der Waals surface area contributed by atoms with Crippen LogP contribution in [0, 0.1) is 23.4 Å². The van der Waals surface area contributed by atoms with E-state index in [1.807, 2.05) is 0 Å². The third-order valence-electron chi connectivity index (χ3n) is 2.74. The highest BCUT2D eigenvalue weighted by Gasteiger charge is 2.33. The van der Waals surface area contributed by atoms with Gasteiger partial charge in [-0.25, -0.2) is 13.2 Å². The number of hydrogen-bond acceptors (Lipinski definition) is 4. The van der Waals surface area contributed by atoms with Gasteiger partial charge in [0.15, 0.2) is 23.2 Å². The summed E-state index contributed by atoms with van der Waals surface area (Å²) < 4.78 is 50.0. The van der Waals surface area contributed by atoms with E-state index in [1.54, 1.807) is 6.92 Å². The lowest BCUT2D eigenvalue weighted by Gasteiger charge is -2.15. The molecule has 0 fully saturated rings. The van der Waals surface area contributed by atoms with E-state index in [4.69, 9.17) is 21.1 Å². The van der Waals surface area contributed by atoms with Crippen molar-refractivity contribution in [3.05, 3.63) is 34.1 Å². The molecule has 0 radical (unpaired) electrons. The Labute approximate surface area is 130 Å². The summed E-state index contributed by atoms with van der Waals surface area (Å²) in [6.07, 6.45) is 0. The molecule has 1 atom stereocenters. The molecule has 0 aromatic heterocycles. The van der Waals surface area contributed by atoms with Crippen LogP contribution in [0.4, 0.5) is 13.2 Å². The topological polar surface area (TPSA) is 52.6 Å². The summed E-state index contributed by atoms with van der Waals surface area (Å²) in [5.41, 5.74) is -0.832. The fourth-order valence-corrected chi connectivity index (χ4v) is 1.86. The van der Waals surface area contributed by atoms with Crippen molar-refractivity contribution in [2.75, 3.05) is 19.8 Å². The number of rotatable bonds is 7. The van der Waals surface area contributed by atoms with Crippen LogP contribution < -0.4 is 0 Å². The maximum absolute atomic E-state index is 13.9. The normalized spacial score (nSPS) is 12.1. The fraction of sp³-hybridized carbons (Fsp3) is 0.429. The molecule has 0 saturated heterocycles. The molecule has 0 amide bonds. The predicted octanol–water partition coefficient (Wildman–Crippen LogP) is 3.16. The first kappa shape index (κ1) is 18.4. The number of carbonyl (C=O) groups is 2. The second kappa shape index (κ2) is 8.14. The van der Waals surface area contributed by atoms with Crippen molar-refractivity contribution in [1.82, 2.24) is 0 Å². The number of esters is 1. The third kappa shape index (κ3) is 3.98. The lowest BCUT2D eigenvalue weighted by atomic mass is 9.97. The number of ketones is 1. The minimum Gasteiger partial charge on any atom is -0.465 e. The first-order chi connectivity index (χ1) is 10.3. The Bertz CT molecular complexity index is 578. The van der Waals surface area contributed by atoms with Crippen molar-refractivity contribution in [1.29, 1.82) is 0 Å². The van der Waals surface area contributed by atoms with Crippen LogP contribution in [0.3, 0.4) is 0 Å². The van der Waals surface area contributed by atoms with Gasteiger partial charge in [-0.1, -0.05) is 11.6 Å². The first-order valence-electron chi connectivity index (χ1n) is 6.46. The van der Waals surface area contributed by atoms with E-state index in [-0.39, 0.29) is 19.8 Å². The van der Waals surface area contributed by atoms with Crippen LogP contribution in [0.25, 0.3) is 0 Å². The summed E-state index contributed by atoms with van der Waals surface area (Å²) in [4.78, 5) is 24.0. The van der Waals surface area contributed by atoms with Crippen molar-refractivity contribution < 1.29 is 32.2 Å². The third-order valence-corrected chi connectivity index (χ3v) is 3.08. The summed E-state index contributed by atoms with van der Waals surface area (Å²) in [6, 6.07) is 0.358. The SMILES string of the molecule is CCOCC(C(=O)OCC)C(=O)c1cc(F)c(F)c(Cl)c1F. The van der Waals surface area contributed by atoms with Crippen LogP contribution in [-0.4, -0.2) is 31.6 Å². The molecule has 8 heteroatoms. The number of ether oxygens (including phenoxy) is 2. The first-order valence-corrected chi connectivity index (χ1v) is 6.84. The van der Waals surface area contributed by atoms with Gasteiger partial charge in [0.1, 0.15) is 10.9 Å². The lowest BCUT2D eigenvalue weighted by molar-refractivity contribution is -0.147. The minimum atomic E-state index is -1.60. The summed E-state index contributed by atoms with van der Waals surface area (Å²) in [6.45, 7) is 2.97. The number of carbonyl (C=O) groups excluding carboxylic acids is 2. The van der Waals surface area contributed by atoms with Crippen LogP contribution in [0.5, 0.6) is 0 Å². The Morgan fingerprint density at radius 3 is 2.36 bits per heavy atom. The number of hydrogen-bond donors (Lipinski definition) is 0. The summed E-state index contributed by atoms with van der Waals surface area (Å²) in [5, 5.41) is -1.15. The second-order valence-electron chi connectivity index (χ2n) is 4.18. The van der Waals surface area contributed by atoms with Gasteiger partial charge in [-0.05, 0) is 19.9 Å². The van der Waals surface area contributed by atoms with E-state index in [9.17, 15) is 22.8 Å². The van der Waals surface area contributed by atoms with Crippen LogP contribution in [0.2, 0.25) is 5.02 Å². The number of halogens is 4. The Balaban J connectivity index is 3.21. The molecule has 1 aromatic carbocycles. The van der Waals surface area contributed by atoms with Gasteiger partial charge in [0.05, 0.1) is 18.8 Å². The van der Waals surface area contributed by atoms with Gasteiger partial charge in [0, 0.05) is 6.61 Å². The number of benzene rings is 1. The van der Waals surface area contributed by atoms with Gasteiger partial charge in [-0.2, -0.15) is 0 Å².